The van der Waals surface area contributed by atoms with Crippen LogP contribution in [0.25, 0.3) is 6.08 Å². The highest BCUT2D eigenvalue weighted by molar-refractivity contribution is 6.05. The summed E-state index contributed by atoms with van der Waals surface area (Å²) in [6, 6.07) is 15.1. The molecule has 0 unspecified atom stereocenters. The Hall–Kier alpha value is -2.96. The molecular formula is C25H31N3O3. The van der Waals surface area contributed by atoms with Crippen LogP contribution in [0.4, 0.5) is 0 Å². The largest absolute Gasteiger partial charge is 0.379 e. The van der Waals surface area contributed by atoms with Crippen molar-refractivity contribution in [3.8, 4) is 0 Å². The molecule has 0 radical (unpaired) electrons. The molecule has 3 rings (SSSR count). The Morgan fingerprint density at radius 3 is 2.23 bits per heavy atom. The van der Waals surface area contributed by atoms with Gasteiger partial charge in [-0.1, -0.05) is 47.5 Å². The minimum Gasteiger partial charge on any atom is -0.379 e. The molecule has 1 fully saturated rings. The molecule has 2 aromatic rings. The summed E-state index contributed by atoms with van der Waals surface area (Å²) in [5.74, 6) is -0.593. The summed E-state index contributed by atoms with van der Waals surface area (Å²) >= 11 is 0. The average Bonchev–Trinajstić information content (AvgIpc) is 2.78. The molecule has 1 aliphatic heterocycles. The van der Waals surface area contributed by atoms with Crippen LogP contribution in [-0.2, 0) is 9.53 Å². The van der Waals surface area contributed by atoms with Crippen molar-refractivity contribution in [2.24, 2.45) is 0 Å². The molecular weight excluding hydrogens is 390 g/mol. The standard InChI is InChI=1S/C25H31N3O3/c1-19-4-8-21(9-5-19)18-23(27-24(29)22-10-6-20(2)7-11-22)25(30)26-12-3-13-28-14-16-31-17-15-28/h4-11,18H,3,12-17H2,1-2H3,(H,26,30)(H,27,29)/b23-18-. The van der Waals surface area contributed by atoms with E-state index in [-0.39, 0.29) is 17.5 Å². The maximum Gasteiger partial charge on any atom is 0.267 e. The van der Waals surface area contributed by atoms with Crippen molar-refractivity contribution in [3.63, 3.8) is 0 Å². The van der Waals surface area contributed by atoms with Crippen LogP contribution in [0, 0.1) is 13.8 Å². The Balaban J connectivity index is 1.64. The zero-order chi connectivity index (χ0) is 22.1. The quantitative estimate of drug-likeness (QED) is 0.508. The molecule has 0 spiro atoms. The first kappa shape index (κ1) is 22.7. The zero-order valence-electron chi connectivity index (χ0n) is 18.3. The lowest BCUT2D eigenvalue weighted by molar-refractivity contribution is -0.117. The Kier molecular flexibility index (Phi) is 8.38. The van der Waals surface area contributed by atoms with Gasteiger partial charge in [0.15, 0.2) is 0 Å². The van der Waals surface area contributed by atoms with E-state index in [9.17, 15) is 9.59 Å². The number of morpholine rings is 1. The van der Waals surface area contributed by atoms with E-state index in [2.05, 4.69) is 15.5 Å². The number of ether oxygens (including phenoxy) is 1. The number of rotatable bonds is 8. The fraction of sp³-hybridized carbons (Fsp3) is 0.360. The van der Waals surface area contributed by atoms with Gasteiger partial charge in [0, 0.05) is 25.2 Å². The van der Waals surface area contributed by atoms with Crippen molar-refractivity contribution in [1.29, 1.82) is 0 Å². The molecule has 164 valence electrons. The van der Waals surface area contributed by atoms with E-state index in [1.54, 1.807) is 18.2 Å². The number of nitrogens with one attached hydrogen (secondary N) is 2. The minimum atomic E-state index is -0.304. The fourth-order valence-corrected chi connectivity index (χ4v) is 3.31. The van der Waals surface area contributed by atoms with Crippen molar-refractivity contribution < 1.29 is 14.3 Å². The second kappa shape index (κ2) is 11.4. The number of carbonyl (C=O) groups excluding carboxylic acids is 2. The number of benzene rings is 2. The third-order valence-electron chi connectivity index (χ3n) is 5.24. The summed E-state index contributed by atoms with van der Waals surface area (Å²) in [6.07, 6.45) is 2.55. The lowest BCUT2D eigenvalue weighted by atomic mass is 10.1. The first-order chi connectivity index (χ1) is 15.0. The molecule has 0 aromatic heterocycles. The summed E-state index contributed by atoms with van der Waals surface area (Å²) < 4.78 is 5.36. The Bertz CT molecular complexity index is 899. The maximum absolute atomic E-state index is 12.9. The number of hydrogen-bond donors (Lipinski definition) is 2. The van der Waals surface area contributed by atoms with Crippen molar-refractivity contribution >= 4 is 17.9 Å². The zero-order valence-corrected chi connectivity index (χ0v) is 18.3. The highest BCUT2D eigenvalue weighted by atomic mass is 16.5. The maximum atomic E-state index is 12.9. The van der Waals surface area contributed by atoms with Gasteiger partial charge in [-0.2, -0.15) is 0 Å². The van der Waals surface area contributed by atoms with Gasteiger partial charge in [-0.05, 0) is 50.6 Å². The van der Waals surface area contributed by atoms with Crippen LogP contribution in [0.2, 0.25) is 0 Å². The molecule has 31 heavy (non-hydrogen) atoms. The van der Waals surface area contributed by atoms with Gasteiger partial charge < -0.3 is 15.4 Å². The molecule has 0 saturated carbocycles. The number of nitrogens with zero attached hydrogens (tertiary/aromatic N) is 1. The van der Waals surface area contributed by atoms with Gasteiger partial charge in [-0.15, -0.1) is 0 Å². The Morgan fingerprint density at radius 2 is 1.58 bits per heavy atom. The second-order valence-corrected chi connectivity index (χ2v) is 7.85. The van der Waals surface area contributed by atoms with Crippen LogP contribution in [0.3, 0.4) is 0 Å². The van der Waals surface area contributed by atoms with Crippen molar-refractivity contribution in [3.05, 3.63) is 76.5 Å². The molecule has 2 aromatic carbocycles. The van der Waals surface area contributed by atoms with Gasteiger partial charge in [0.2, 0.25) is 0 Å². The van der Waals surface area contributed by atoms with E-state index in [4.69, 9.17) is 4.74 Å². The molecule has 6 nitrogen and oxygen atoms in total. The number of hydrogen-bond acceptors (Lipinski definition) is 4. The van der Waals surface area contributed by atoms with Gasteiger partial charge in [0.1, 0.15) is 5.70 Å². The van der Waals surface area contributed by atoms with Gasteiger partial charge in [-0.25, -0.2) is 0 Å². The number of amides is 2. The highest BCUT2D eigenvalue weighted by Gasteiger charge is 2.15. The molecule has 0 bridgehead atoms. The first-order valence-corrected chi connectivity index (χ1v) is 10.8. The predicted octanol–water partition coefficient (Wildman–Crippen LogP) is 2.91. The van der Waals surface area contributed by atoms with Crippen LogP contribution < -0.4 is 10.6 Å². The molecule has 2 N–H and O–H groups in total. The molecule has 1 aliphatic rings. The van der Waals surface area contributed by atoms with Crippen LogP contribution in [0.5, 0.6) is 0 Å². The third-order valence-corrected chi connectivity index (χ3v) is 5.24. The van der Waals surface area contributed by atoms with E-state index in [1.807, 2.05) is 50.2 Å². The summed E-state index contributed by atoms with van der Waals surface area (Å²) in [5.41, 5.74) is 3.81. The van der Waals surface area contributed by atoms with E-state index in [0.717, 1.165) is 56.0 Å². The predicted molar refractivity (Wildman–Crippen MR) is 123 cm³/mol. The summed E-state index contributed by atoms with van der Waals surface area (Å²) in [6.45, 7) is 8.82. The first-order valence-electron chi connectivity index (χ1n) is 10.8. The van der Waals surface area contributed by atoms with Gasteiger partial charge in [-0.3, -0.25) is 14.5 Å². The molecule has 0 aliphatic carbocycles. The second-order valence-electron chi connectivity index (χ2n) is 7.85. The van der Waals surface area contributed by atoms with Crippen LogP contribution in [0.15, 0.2) is 54.2 Å². The van der Waals surface area contributed by atoms with Crippen molar-refractivity contribution in [1.82, 2.24) is 15.5 Å². The normalized spacial score (nSPS) is 14.8. The van der Waals surface area contributed by atoms with Crippen molar-refractivity contribution in [2.75, 3.05) is 39.4 Å². The van der Waals surface area contributed by atoms with E-state index in [0.29, 0.717) is 12.1 Å². The average molecular weight is 422 g/mol. The molecule has 2 amide bonds. The monoisotopic (exact) mass is 421 g/mol. The van der Waals surface area contributed by atoms with E-state index >= 15 is 0 Å². The molecule has 1 heterocycles. The summed E-state index contributed by atoms with van der Waals surface area (Å²) in [5, 5.41) is 5.73. The molecule has 6 heteroatoms. The fourth-order valence-electron chi connectivity index (χ4n) is 3.31. The number of aryl methyl sites for hydroxylation is 2. The summed E-state index contributed by atoms with van der Waals surface area (Å²) in [7, 11) is 0. The van der Waals surface area contributed by atoms with Crippen molar-refractivity contribution in [2.45, 2.75) is 20.3 Å². The van der Waals surface area contributed by atoms with Gasteiger partial charge in [0.05, 0.1) is 13.2 Å². The van der Waals surface area contributed by atoms with E-state index < -0.39 is 0 Å². The molecule has 1 saturated heterocycles. The molecule has 0 atom stereocenters. The SMILES string of the molecule is Cc1ccc(/C=C(\NC(=O)c2ccc(C)cc2)C(=O)NCCCN2CCOCC2)cc1. The topological polar surface area (TPSA) is 70.7 Å². The lowest BCUT2D eigenvalue weighted by Gasteiger charge is -2.26. The van der Waals surface area contributed by atoms with E-state index in [1.165, 1.54) is 0 Å². The van der Waals surface area contributed by atoms with Crippen LogP contribution in [0.1, 0.15) is 33.5 Å². The number of carbonyl (C=O) groups is 2. The van der Waals surface area contributed by atoms with Crippen LogP contribution in [-0.4, -0.2) is 56.1 Å². The Labute approximate surface area is 184 Å². The highest BCUT2D eigenvalue weighted by Crippen LogP contribution is 2.10. The van der Waals surface area contributed by atoms with Gasteiger partial charge >= 0.3 is 0 Å². The smallest absolute Gasteiger partial charge is 0.267 e. The van der Waals surface area contributed by atoms with Crippen LogP contribution >= 0.6 is 0 Å². The minimum absolute atomic E-state index is 0.237. The van der Waals surface area contributed by atoms with Gasteiger partial charge in [0.25, 0.3) is 11.8 Å². The Morgan fingerprint density at radius 1 is 0.968 bits per heavy atom. The third kappa shape index (κ3) is 7.35. The lowest BCUT2D eigenvalue weighted by Crippen LogP contribution is -2.39. The summed E-state index contributed by atoms with van der Waals surface area (Å²) in [4.78, 5) is 27.9.